The first-order chi connectivity index (χ1) is 11.5. The SMILES string of the molecule is Cc1ccc(S(=O)(=O)N[C@H]2CCCN(c3ncc[nH]c3=O)C2)cc1. The molecule has 2 aromatic rings. The summed E-state index contributed by atoms with van der Waals surface area (Å²) in [6, 6.07) is 6.49. The van der Waals surface area contributed by atoms with E-state index in [4.69, 9.17) is 0 Å². The van der Waals surface area contributed by atoms with Crippen LogP contribution >= 0.6 is 0 Å². The maximum Gasteiger partial charge on any atom is 0.290 e. The van der Waals surface area contributed by atoms with Crippen molar-refractivity contribution in [3.05, 3.63) is 52.6 Å². The number of hydrogen-bond acceptors (Lipinski definition) is 5. The Bertz CT molecular complexity index is 861. The molecule has 0 unspecified atom stereocenters. The van der Waals surface area contributed by atoms with Gasteiger partial charge in [0, 0.05) is 31.5 Å². The molecule has 0 bridgehead atoms. The fraction of sp³-hybridized carbons (Fsp3) is 0.375. The van der Waals surface area contributed by atoms with Crippen LogP contribution in [-0.4, -0.2) is 37.5 Å². The Balaban J connectivity index is 1.75. The Kier molecular flexibility index (Phi) is 4.68. The van der Waals surface area contributed by atoms with E-state index in [1.54, 1.807) is 24.3 Å². The average molecular weight is 348 g/mol. The summed E-state index contributed by atoms with van der Waals surface area (Å²) in [5, 5.41) is 0. The topological polar surface area (TPSA) is 95.2 Å². The van der Waals surface area contributed by atoms with E-state index in [1.165, 1.54) is 12.4 Å². The Morgan fingerprint density at radius 3 is 2.75 bits per heavy atom. The molecule has 0 aliphatic carbocycles. The van der Waals surface area contributed by atoms with Crippen LogP contribution in [0.3, 0.4) is 0 Å². The lowest BCUT2D eigenvalue weighted by Crippen LogP contribution is -2.49. The van der Waals surface area contributed by atoms with Crippen LogP contribution in [0.25, 0.3) is 0 Å². The van der Waals surface area contributed by atoms with Gasteiger partial charge in [-0.3, -0.25) is 4.79 Å². The van der Waals surface area contributed by atoms with E-state index >= 15 is 0 Å². The summed E-state index contributed by atoms with van der Waals surface area (Å²) in [6.45, 7) is 3.02. The van der Waals surface area contributed by atoms with E-state index < -0.39 is 10.0 Å². The molecule has 1 fully saturated rings. The molecular formula is C16H20N4O3S. The van der Waals surface area contributed by atoms with Crippen molar-refractivity contribution in [1.82, 2.24) is 14.7 Å². The molecule has 1 aromatic carbocycles. The Morgan fingerprint density at radius 2 is 2.04 bits per heavy atom. The molecule has 7 nitrogen and oxygen atoms in total. The van der Waals surface area contributed by atoms with Crippen molar-refractivity contribution in [1.29, 1.82) is 0 Å². The van der Waals surface area contributed by atoms with Gasteiger partial charge in [0.05, 0.1) is 4.90 Å². The maximum atomic E-state index is 12.5. The van der Waals surface area contributed by atoms with Crippen molar-refractivity contribution in [2.75, 3.05) is 18.0 Å². The Hall–Kier alpha value is -2.19. The number of aromatic nitrogens is 2. The molecule has 1 aliphatic rings. The number of H-pyrrole nitrogens is 1. The second kappa shape index (κ2) is 6.74. The predicted molar refractivity (Wildman–Crippen MR) is 91.6 cm³/mol. The highest BCUT2D eigenvalue weighted by Gasteiger charge is 2.26. The third kappa shape index (κ3) is 3.65. The molecule has 2 heterocycles. The minimum atomic E-state index is -3.58. The number of aryl methyl sites for hydroxylation is 1. The van der Waals surface area contributed by atoms with Crippen LogP contribution in [0.15, 0.2) is 46.3 Å². The number of nitrogens with zero attached hydrogens (tertiary/aromatic N) is 2. The van der Waals surface area contributed by atoms with Crippen LogP contribution in [0.5, 0.6) is 0 Å². The molecule has 1 aromatic heterocycles. The summed E-state index contributed by atoms with van der Waals surface area (Å²) in [4.78, 5) is 20.6. The molecule has 1 saturated heterocycles. The van der Waals surface area contributed by atoms with Gasteiger partial charge in [-0.25, -0.2) is 18.1 Å². The molecule has 24 heavy (non-hydrogen) atoms. The lowest BCUT2D eigenvalue weighted by molar-refractivity contribution is 0.463. The second-order valence-corrected chi connectivity index (χ2v) is 7.68. The zero-order valence-electron chi connectivity index (χ0n) is 13.4. The van der Waals surface area contributed by atoms with Crippen molar-refractivity contribution < 1.29 is 8.42 Å². The first kappa shape index (κ1) is 16.7. The van der Waals surface area contributed by atoms with Crippen LogP contribution in [0.4, 0.5) is 5.82 Å². The lowest BCUT2D eigenvalue weighted by Gasteiger charge is -2.33. The quantitative estimate of drug-likeness (QED) is 0.860. The van der Waals surface area contributed by atoms with E-state index in [-0.39, 0.29) is 16.5 Å². The molecule has 2 N–H and O–H groups in total. The van der Waals surface area contributed by atoms with Gasteiger partial charge in [0.2, 0.25) is 10.0 Å². The number of piperidine rings is 1. The highest BCUT2D eigenvalue weighted by atomic mass is 32.2. The van der Waals surface area contributed by atoms with Crippen LogP contribution in [0, 0.1) is 6.92 Å². The minimum Gasteiger partial charge on any atom is -0.350 e. The van der Waals surface area contributed by atoms with Crippen molar-refractivity contribution in [2.45, 2.75) is 30.7 Å². The summed E-state index contributed by atoms with van der Waals surface area (Å²) in [6.07, 6.45) is 4.52. The summed E-state index contributed by atoms with van der Waals surface area (Å²) in [5.41, 5.74) is 0.742. The smallest absolute Gasteiger partial charge is 0.290 e. The monoisotopic (exact) mass is 348 g/mol. The number of sulfonamides is 1. The number of anilines is 1. The standard InChI is InChI=1S/C16H20N4O3S/c1-12-4-6-14(7-5-12)24(22,23)19-13-3-2-10-20(11-13)15-16(21)18-9-8-17-15/h4-9,13,19H,2-3,10-11H2,1H3,(H,18,21)/t13-/m0/s1. The number of hydrogen-bond donors (Lipinski definition) is 2. The van der Waals surface area contributed by atoms with E-state index in [1.807, 2.05) is 11.8 Å². The first-order valence-corrected chi connectivity index (χ1v) is 9.32. The fourth-order valence-electron chi connectivity index (χ4n) is 2.84. The summed E-state index contributed by atoms with van der Waals surface area (Å²) in [5.74, 6) is 0.330. The summed E-state index contributed by atoms with van der Waals surface area (Å²) in [7, 11) is -3.58. The van der Waals surface area contributed by atoms with Gasteiger partial charge in [0.25, 0.3) is 5.56 Å². The van der Waals surface area contributed by atoms with Crippen LogP contribution in [0.2, 0.25) is 0 Å². The first-order valence-electron chi connectivity index (χ1n) is 7.83. The molecular weight excluding hydrogens is 328 g/mol. The maximum absolute atomic E-state index is 12.5. The molecule has 0 spiro atoms. The summed E-state index contributed by atoms with van der Waals surface area (Å²) < 4.78 is 27.8. The van der Waals surface area contributed by atoms with E-state index in [2.05, 4.69) is 14.7 Å². The molecule has 0 radical (unpaired) electrons. The van der Waals surface area contributed by atoms with Crippen molar-refractivity contribution >= 4 is 15.8 Å². The molecule has 1 atom stereocenters. The van der Waals surface area contributed by atoms with Crippen molar-refractivity contribution in [3.8, 4) is 0 Å². The van der Waals surface area contributed by atoms with E-state index in [9.17, 15) is 13.2 Å². The van der Waals surface area contributed by atoms with E-state index in [0.717, 1.165) is 18.4 Å². The van der Waals surface area contributed by atoms with E-state index in [0.29, 0.717) is 18.9 Å². The van der Waals surface area contributed by atoms with Gasteiger partial charge in [-0.2, -0.15) is 0 Å². The normalized spacial score (nSPS) is 18.5. The molecule has 8 heteroatoms. The largest absolute Gasteiger partial charge is 0.350 e. The van der Waals surface area contributed by atoms with Crippen LogP contribution in [-0.2, 0) is 10.0 Å². The molecule has 0 saturated carbocycles. The van der Waals surface area contributed by atoms with Crippen molar-refractivity contribution in [3.63, 3.8) is 0 Å². The van der Waals surface area contributed by atoms with Gasteiger partial charge in [-0.05, 0) is 31.9 Å². The number of rotatable bonds is 4. The Morgan fingerprint density at radius 1 is 1.29 bits per heavy atom. The van der Waals surface area contributed by atoms with Gasteiger partial charge >= 0.3 is 0 Å². The molecule has 3 rings (SSSR count). The van der Waals surface area contributed by atoms with Gasteiger partial charge in [-0.15, -0.1) is 0 Å². The molecule has 0 amide bonds. The zero-order valence-corrected chi connectivity index (χ0v) is 14.2. The summed E-state index contributed by atoms with van der Waals surface area (Å²) >= 11 is 0. The van der Waals surface area contributed by atoms with Gasteiger partial charge in [-0.1, -0.05) is 17.7 Å². The number of aromatic amines is 1. The number of nitrogens with one attached hydrogen (secondary N) is 2. The predicted octanol–water partition coefficient (Wildman–Crippen LogP) is 1.03. The zero-order chi connectivity index (χ0) is 17.2. The van der Waals surface area contributed by atoms with Gasteiger partial charge in [0.1, 0.15) is 0 Å². The lowest BCUT2D eigenvalue weighted by atomic mass is 10.1. The van der Waals surface area contributed by atoms with Gasteiger partial charge < -0.3 is 9.88 Å². The minimum absolute atomic E-state index is 0.251. The molecule has 1 aliphatic heterocycles. The third-order valence-electron chi connectivity index (χ3n) is 4.06. The van der Waals surface area contributed by atoms with Crippen LogP contribution in [0.1, 0.15) is 18.4 Å². The fourth-order valence-corrected chi connectivity index (χ4v) is 4.10. The Labute approximate surface area is 140 Å². The highest BCUT2D eigenvalue weighted by molar-refractivity contribution is 7.89. The highest BCUT2D eigenvalue weighted by Crippen LogP contribution is 2.17. The average Bonchev–Trinajstić information content (AvgIpc) is 2.55. The van der Waals surface area contributed by atoms with Gasteiger partial charge in [0.15, 0.2) is 5.82 Å². The number of benzene rings is 1. The third-order valence-corrected chi connectivity index (χ3v) is 5.60. The van der Waals surface area contributed by atoms with Crippen molar-refractivity contribution in [2.24, 2.45) is 0 Å². The van der Waals surface area contributed by atoms with Crippen LogP contribution < -0.4 is 15.2 Å². The second-order valence-electron chi connectivity index (χ2n) is 5.96. The molecule has 128 valence electrons.